The third kappa shape index (κ3) is 5.02. The van der Waals surface area contributed by atoms with Crippen LogP contribution in [0, 0.1) is 0 Å². The number of amides is 1. The molecule has 0 saturated carbocycles. The number of ether oxygens (including phenoxy) is 3. The number of carbonyl (C=O) groups is 1. The van der Waals surface area contributed by atoms with Gasteiger partial charge in [-0.2, -0.15) is 13.2 Å². The van der Waals surface area contributed by atoms with Crippen molar-refractivity contribution in [1.29, 1.82) is 0 Å². The van der Waals surface area contributed by atoms with E-state index < -0.39 is 18.0 Å². The second-order valence-electron chi connectivity index (χ2n) is 3.61. The molecule has 1 aromatic rings. The molecule has 0 aromatic carbocycles. The minimum Gasteiger partial charge on any atom is -0.408 e. The van der Waals surface area contributed by atoms with E-state index in [9.17, 15) is 18.0 Å². The number of primary amides is 1. The Morgan fingerprint density at radius 1 is 1.35 bits per heavy atom. The first-order valence-corrected chi connectivity index (χ1v) is 5.45. The summed E-state index contributed by atoms with van der Waals surface area (Å²) >= 11 is 0. The van der Waals surface area contributed by atoms with Crippen molar-refractivity contribution >= 4 is 6.09 Å². The fourth-order valence-corrected chi connectivity index (χ4v) is 1.26. The van der Waals surface area contributed by atoms with E-state index in [1.165, 1.54) is 7.11 Å². The summed E-state index contributed by atoms with van der Waals surface area (Å²) in [6, 6.07) is 1.66. The third-order valence-corrected chi connectivity index (χ3v) is 2.10. The number of rotatable bonds is 6. The normalized spacial score (nSPS) is 11.4. The van der Waals surface area contributed by atoms with Gasteiger partial charge in [0.05, 0.1) is 19.8 Å². The van der Waals surface area contributed by atoms with Gasteiger partial charge in [-0.05, 0) is 12.1 Å². The van der Waals surface area contributed by atoms with Gasteiger partial charge < -0.3 is 19.9 Å². The van der Waals surface area contributed by atoms with Crippen molar-refractivity contribution in [1.82, 2.24) is 4.98 Å². The van der Waals surface area contributed by atoms with E-state index in [-0.39, 0.29) is 31.3 Å². The SMILES string of the molecule is COCCOCc1nc(C(F)(F)F)ccc1OC(N)=O. The third-order valence-electron chi connectivity index (χ3n) is 2.10. The number of methoxy groups -OCH3 is 1. The Morgan fingerprint density at radius 2 is 2.05 bits per heavy atom. The highest BCUT2D eigenvalue weighted by Gasteiger charge is 2.33. The molecule has 2 N–H and O–H groups in total. The Morgan fingerprint density at radius 3 is 2.60 bits per heavy atom. The van der Waals surface area contributed by atoms with E-state index in [1.807, 2.05) is 0 Å². The lowest BCUT2D eigenvalue weighted by Crippen LogP contribution is -2.19. The van der Waals surface area contributed by atoms with E-state index >= 15 is 0 Å². The molecular formula is C11H13F3N2O4. The van der Waals surface area contributed by atoms with E-state index in [2.05, 4.69) is 9.72 Å². The van der Waals surface area contributed by atoms with Crippen LogP contribution in [-0.4, -0.2) is 31.4 Å². The minimum atomic E-state index is -4.60. The smallest absolute Gasteiger partial charge is 0.408 e. The van der Waals surface area contributed by atoms with Crippen LogP contribution in [0.2, 0.25) is 0 Å². The molecule has 1 aromatic heterocycles. The van der Waals surface area contributed by atoms with E-state index in [1.54, 1.807) is 0 Å². The quantitative estimate of drug-likeness (QED) is 0.808. The van der Waals surface area contributed by atoms with Gasteiger partial charge in [0.15, 0.2) is 5.75 Å². The molecule has 0 radical (unpaired) electrons. The number of nitrogens with zero attached hydrogens (tertiary/aromatic N) is 1. The molecule has 0 aliphatic heterocycles. The monoisotopic (exact) mass is 294 g/mol. The zero-order chi connectivity index (χ0) is 15.2. The molecule has 1 rings (SSSR count). The molecule has 0 spiro atoms. The highest BCUT2D eigenvalue weighted by molar-refractivity contribution is 5.68. The predicted octanol–water partition coefficient (Wildman–Crippen LogP) is 1.72. The highest BCUT2D eigenvalue weighted by atomic mass is 19.4. The number of pyridine rings is 1. The van der Waals surface area contributed by atoms with Crippen LogP contribution in [0.25, 0.3) is 0 Å². The Hall–Kier alpha value is -1.87. The fourth-order valence-electron chi connectivity index (χ4n) is 1.26. The number of halogens is 3. The largest absolute Gasteiger partial charge is 0.433 e. The summed E-state index contributed by atoms with van der Waals surface area (Å²) in [4.78, 5) is 14.0. The summed E-state index contributed by atoms with van der Waals surface area (Å²) in [5.74, 6) is -0.178. The van der Waals surface area contributed by atoms with Crippen LogP contribution in [-0.2, 0) is 22.3 Å². The lowest BCUT2D eigenvalue weighted by Gasteiger charge is -2.12. The van der Waals surface area contributed by atoms with Crippen molar-refractivity contribution in [2.45, 2.75) is 12.8 Å². The Balaban J connectivity index is 2.91. The number of carbonyl (C=O) groups excluding carboxylic acids is 1. The number of aromatic nitrogens is 1. The van der Waals surface area contributed by atoms with Crippen LogP contribution >= 0.6 is 0 Å². The van der Waals surface area contributed by atoms with Crippen molar-refractivity contribution < 1.29 is 32.2 Å². The highest BCUT2D eigenvalue weighted by Crippen LogP contribution is 2.30. The van der Waals surface area contributed by atoms with Gasteiger partial charge in [-0.3, -0.25) is 0 Å². The van der Waals surface area contributed by atoms with Gasteiger partial charge in [-0.25, -0.2) is 9.78 Å². The van der Waals surface area contributed by atoms with Crippen molar-refractivity contribution in [3.63, 3.8) is 0 Å². The van der Waals surface area contributed by atoms with E-state index in [4.69, 9.17) is 15.2 Å². The van der Waals surface area contributed by atoms with Gasteiger partial charge in [-0.15, -0.1) is 0 Å². The van der Waals surface area contributed by atoms with Crippen molar-refractivity contribution in [2.75, 3.05) is 20.3 Å². The molecule has 6 nitrogen and oxygen atoms in total. The van der Waals surface area contributed by atoms with Crippen LogP contribution in [0.15, 0.2) is 12.1 Å². The van der Waals surface area contributed by atoms with Crippen LogP contribution in [0.5, 0.6) is 5.75 Å². The summed E-state index contributed by atoms with van der Waals surface area (Å²) in [6.07, 6.45) is -5.75. The molecule has 1 amide bonds. The maximum Gasteiger partial charge on any atom is 0.433 e. The molecule has 0 aliphatic rings. The minimum absolute atomic E-state index is 0.157. The summed E-state index contributed by atoms with van der Waals surface area (Å²) in [7, 11) is 1.45. The van der Waals surface area contributed by atoms with Crippen LogP contribution in [0.3, 0.4) is 0 Å². The molecule has 1 heterocycles. The molecule has 0 aliphatic carbocycles. The van der Waals surface area contributed by atoms with Crippen molar-refractivity contribution in [3.05, 3.63) is 23.5 Å². The lowest BCUT2D eigenvalue weighted by molar-refractivity contribution is -0.141. The van der Waals surface area contributed by atoms with Gasteiger partial charge in [-0.1, -0.05) is 0 Å². The maximum atomic E-state index is 12.5. The molecule has 20 heavy (non-hydrogen) atoms. The molecule has 0 saturated heterocycles. The van der Waals surface area contributed by atoms with E-state index in [0.717, 1.165) is 6.07 Å². The fraction of sp³-hybridized carbons (Fsp3) is 0.455. The average molecular weight is 294 g/mol. The summed E-state index contributed by atoms with van der Waals surface area (Å²) in [6.45, 7) is 0.158. The first-order chi connectivity index (χ1) is 9.34. The van der Waals surface area contributed by atoms with Crippen molar-refractivity contribution in [3.8, 4) is 5.75 Å². The molecule has 0 fully saturated rings. The second kappa shape index (κ2) is 7.06. The average Bonchev–Trinajstić information content (AvgIpc) is 2.34. The number of nitrogens with two attached hydrogens (primary N) is 1. The second-order valence-corrected chi connectivity index (χ2v) is 3.61. The Kier molecular flexibility index (Phi) is 5.71. The lowest BCUT2D eigenvalue weighted by atomic mass is 10.2. The molecule has 0 bridgehead atoms. The van der Waals surface area contributed by atoms with Crippen LogP contribution < -0.4 is 10.5 Å². The molecule has 112 valence electrons. The summed E-state index contributed by atoms with van der Waals surface area (Å²) in [5.41, 5.74) is 3.54. The first kappa shape index (κ1) is 16.2. The first-order valence-electron chi connectivity index (χ1n) is 5.45. The van der Waals surface area contributed by atoms with Gasteiger partial charge in [0.25, 0.3) is 0 Å². The molecular weight excluding hydrogens is 281 g/mol. The topological polar surface area (TPSA) is 83.7 Å². The van der Waals surface area contributed by atoms with Crippen LogP contribution in [0.4, 0.5) is 18.0 Å². The Labute approximate surface area is 112 Å². The van der Waals surface area contributed by atoms with Gasteiger partial charge in [0.2, 0.25) is 0 Å². The van der Waals surface area contributed by atoms with E-state index in [0.29, 0.717) is 6.07 Å². The molecule has 0 unspecified atom stereocenters. The zero-order valence-electron chi connectivity index (χ0n) is 10.6. The Bertz CT molecular complexity index is 465. The molecule has 9 heteroatoms. The number of hydrogen-bond donors (Lipinski definition) is 1. The molecule has 0 atom stereocenters. The number of alkyl halides is 3. The summed E-state index contributed by atoms with van der Waals surface area (Å²) in [5, 5.41) is 0. The maximum absolute atomic E-state index is 12.5. The predicted molar refractivity (Wildman–Crippen MR) is 61.0 cm³/mol. The zero-order valence-corrected chi connectivity index (χ0v) is 10.6. The van der Waals surface area contributed by atoms with Gasteiger partial charge >= 0.3 is 12.3 Å². The standard InChI is InChI=1S/C11H13F3N2O4/c1-18-4-5-19-6-7-8(20-10(15)17)2-3-9(16-7)11(12,13)14/h2-3H,4-6H2,1H3,(H2,15,17). The van der Waals surface area contributed by atoms with Crippen LogP contribution in [0.1, 0.15) is 11.4 Å². The number of hydrogen-bond acceptors (Lipinski definition) is 5. The summed E-state index contributed by atoms with van der Waals surface area (Å²) < 4.78 is 52.0. The van der Waals surface area contributed by atoms with Gasteiger partial charge in [0, 0.05) is 7.11 Å². The van der Waals surface area contributed by atoms with Gasteiger partial charge in [0.1, 0.15) is 11.4 Å². The van der Waals surface area contributed by atoms with Crippen molar-refractivity contribution in [2.24, 2.45) is 5.73 Å².